The van der Waals surface area contributed by atoms with Crippen LogP contribution in [0.2, 0.25) is 0 Å². The Kier molecular flexibility index (Phi) is 4.18. The fraction of sp³-hybridized carbons (Fsp3) is 0.400. The topological polar surface area (TPSA) is 69.4 Å². The maximum Gasteiger partial charge on any atom is 0.238 e. The molecule has 0 spiro atoms. The molecule has 0 amide bonds. The van der Waals surface area contributed by atoms with Crippen LogP contribution in [0.25, 0.3) is 0 Å². The van der Waals surface area contributed by atoms with Crippen molar-refractivity contribution in [3.8, 4) is 5.75 Å². The number of sulfonamides is 1. The molecule has 0 unspecified atom stereocenters. The maximum absolute atomic E-state index is 11.1. The molecule has 0 aliphatic carbocycles. The molecular formula is C10H14ClNO3S. The summed E-state index contributed by atoms with van der Waals surface area (Å²) in [5.74, 6) is 0.753. The van der Waals surface area contributed by atoms with Crippen LogP contribution in [0.5, 0.6) is 5.75 Å². The van der Waals surface area contributed by atoms with Crippen molar-refractivity contribution in [3.05, 3.63) is 23.8 Å². The summed E-state index contributed by atoms with van der Waals surface area (Å²) >= 11 is 5.72. The Balaban J connectivity index is 3.17. The van der Waals surface area contributed by atoms with Crippen LogP contribution in [-0.4, -0.2) is 14.5 Å². The summed E-state index contributed by atoms with van der Waals surface area (Å²) in [5.41, 5.74) is 0.613. The predicted molar refractivity (Wildman–Crippen MR) is 63.1 cm³/mol. The highest BCUT2D eigenvalue weighted by Gasteiger charge is 2.12. The van der Waals surface area contributed by atoms with Gasteiger partial charge in [-0.25, -0.2) is 13.6 Å². The Morgan fingerprint density at radius 2 is 2.06 bits per heavy atom. The van der Waals surface area contributed by atoms with Gasteiger partial charge in [-0.15, -0.1) is 11.6 Å². The summed E-state index contributed by atoms with van der Waals surface area (Å²) in [6.45, 7) is 3.76. The van der Waals surface area contributed by atoms with Crippen LogP contribution in [0.15, 0.2) is 23.1 Å². The Hall–Kier alpha value is -0.780. The molecule has 0 atom stereocenters. The number of halogens is 1. The first kappa shape index (κ1) is 13.3. The molecule has 0 aliphatic heterocycles. The third-order valence-corrected chi connectivity index (χ3v) is 3.07. The molecule has 1 rings (SSSR count). The molecule has 16 heavy (non-hydrogen) atoms. The lowest BCUT2D eigenvalue weighted by Gasteiger charge is -2.13. The second-order valence-electron chi connectivity index (χ2n) is 3.61. The molecule has 0 heterocycles. The van der Waals surface area contributed by atoms with Gasteiger partial charge in [-0.1, -0.05) is 0 Å². The molecule has 0 fully saturated rings. The molecule has 0 radical (unpaired) electrons. The minimum atomic E-state index is -3.69. The Bertz CT molecular complexity index is 471. The molecule has 0 aromatic heterocycles. The Labute approximate surface area is 100 Å². The number of primary sulfonamides is 1. The van der Waals surface area contributed by atoms with E-state index in [1.165, 1.54) is 12.1 Å². The minimum absolute atomic E-state index is 0.00213. The van der Waals surface area contributed by atoms with Gasteiger partial charge < -0.3 is 4.74 Å². The highest BCUT2D eigenvalue weighted by atomic mass is 35.5. The van der Waals surface area contributed by atoms with Crippen molar-refractivity contribution in [3.63, 3.8) is 0 Å². The molecule has 0 bridgehead atoms. The van der Waals surface area contributed by atoms with E-state index in [-0.39, 0.29) is 16.9 Å². The summed E-state index contributed by atoms with van der Waals surface area (Å²) in [5, 5.41) is 5.02. The van der Waals surface area contributed by atoms with Gasteiger partial charge in [-0.05, 0) is 32.0 Å². The predicted octanol–water partition coefficient (Wildman–Crippen LogP) is 1.86. The first-order valence-corrected chi connectivity index (χ1v) is 6.81. The zero-order valence-electron chi connectivity index (χ0n) is 9.10. The lowest BCUT2D eigenvalue weighted by molar-refractivity contribution is 0.240. The monoisotopic (exact) mass is 263 g/mol. The first-order chi connectivity index (χ1) is 7.34. The summed E-state index contributed by atoms with van der Waals surface area (Å²) in [4.78, 5) is 0.0410. The Morgan fingerprint density at radius 1 is 1.44 bits per heavy atom. The highest BCUT2D eigenvalue weighted by Crippen LogP contribution is 2.24. The average Bonchev–Trinajstić information content (AvgIpc) is 2.15. The van der Waals surface area contributed by atoms with Crippen LogP contribution in [-0.2, 0) is 15.9 Å². The van der Waals surface area contributed by atoms with Gasteiger partial charge in [0.25, 0.3) is 0 Å². The molecule has 0 saturated carbocycles. The standard InChI is InChI=1S/C10H14ClNO3S/c1-7(2)15-10-4-3-9(16(12,13)14)5-8(10)6-11/h3-5,7H,6H2,1-2H3,(H2,12,13,14). The number of rotatable bonds is 4. The van der Waals surface area contributed by atoms with E-state index in [1.54, 1.807) is 6.07 Å². The molecule has 90 valence electrons. The van der Waals surface area contributed by atoms with Crippen molar-refractivity contribution in [2.24, 2.45) is 5.14 Å². The van der Waals surface area contributed by atoms with Crippen molar-refractivity contribution in [2.75, 3.05) is 0 Å². The molecule has 6 heteroatoms. The summed E-state index contributed by atoms with van der Waals surface area (Å²) in [7, 11) is -3.69. The first-order valence-electron chi connectivity index (χ1n) is 4.73. The molecule has 4 nitrogen and oxygen atoms in total. The second-order valence-corrected chi connectivity index (χ2v) is 5.44. The molecule has 2 N–H and O–H groups in total. The summed E-state index contributed by atoms with van der Waals surface area (Å²) in [6.07, 6.45) is 0.00213. The zero-order chi connectivity index (χ0) is 12.3. The van der Waals surface area contributed by atoms with Crippen molar-refractivity contribution >= 4 is 21.6 Å². The van der Waals surface area contributed by atoms with Crippen molar-refractivity contribution in [1.29, 1.82) is 0 Å². The lowest BCUT2D eigenvalue weighted by atomic mass is 10.2. The fourth-order valence-electron chi connectivity index (χ4n) is 1.21. The van der Waals surface area contributed by atoms with Crippen LogP contribution >= 0.6 is 11.6 Å². The van der Waals surface area contributed by atoms with Gasteiger partial charge in [-0.2, -0.15) is 0 Å². The molecule has 1 aromatic carbocycles. The molecule has 1 aromatic rings. The van der Waals surface area contributed by atoms with E-state index in [0.29, 0.717) is 11.3 Å². The molecule has 0 aliphatic rings. The number of benzene rings is 1. The molecular weight excluding hydrogens is 250 g/mol. The second kappa shape index (κ2) is 5.03. The van der Waals surface area contributed by atoms with E-state index in [0.717, 1.165) is 0 Å². The SMILES string of the molecule is CC(C)Oc1ccc(S(N)(=O)=O)cc1CCl. The summed E-state index contributed by atoms with van der Waals surface area (Å²) in [6, 6.07) is 4.40. The largest absolute Gasteiger partial charge is 0.491 e. The maximum atomic E-state index is 11.1. The van der Waals surface area contributed by atoms with Gasteiger partial charge >= 0.3 is 0 Å². The normalized spacial score (nSPS) is 11.8. The number of alkyl halides is 1. The quantitative estimate of drug-likeness (QED) is 0.843. The average molecular weight is 264 g/mol. The number of ether oxygens (including phenoxy) is 1. The number of hydrogen-bond donors (Lipinski definition) is 1. The van der Waals surface area contributed by atoms with E-state index < -0.39 is 10.0 Å². The third kappa shape index (κ3) is 3.37. The van der Waals surface area contributed by atoms with Gasteiger partial charge in [0.15, 0.2) is 0 Å². The van der Waals surface area contributed by atoms with E-state index >= 15 is 0 Å². The van der Waals surface area contributed by atoms with E-state index in [4.69, 9.17) is 21.5 Å². The fourth-order valence-corrected chi connectivity index (χ4v) is 1.98. The highest BCUT2D eigenvalue weighted by molar-refractivity contribution is 7.89. The van der Waals surface area contributed by atoms with Crippen LogP contribution in [0.1, 0.15) is 19.4 Å². The van der Waals surface area contributed by atoms with Crippen LogP contribution < -0.4 is 9.88 Å². The number of hydrogen-bond acceptors (Lipinski definition) is 3. The van der Waals surface area contributed by atoms with Gasteiger partial charge in [0.05, 0.1) is 16.9 Å². The van der Waals surface area contributed by atoms with Crippen molar-refractivity contribution < 1.29 is 13.2 Å². The van der Waals surface area contributed by atoms with Gasteiger partial charge in [0.2, 0.25) is 10.0 Å². The van der Waals surface area contributed by atoms with E-state index in [1.807, 2.05) is 13.8 Å². The third-order valence-electron chi connectivity index (χ3n) is 1.87. The number of nitrogens with two attached hydrogens (primary N) is 1. The van der Waals surface area contributed by atoms with Gasteiger partial charge in [0, 0.05) is 5.56 Å². The van der Waals surface area contributed by atoms with Crippen LogP contribution in [0.4, 0.5) is 0 Å². The van der Waals surface area contributed by atoms with Crippen molar-refractivity contribution in [1.82, 2.24) is 0 Å². The minimum Gasteiger partial charge on any atom is -0.491 e. The van der Waals surface area contributed by atoms with Gasteiger partial charge in [0.1, 0.15) is 5.75 Å². The van der Waals surface area contributed by atoms with Crippen molar-refractivity contribution in [2.45, 2.75) is 30.7 Å². The van der Waals surface area contributed by atoms with E-state index in [2.05, 4.69) is 0 Å². The van der Waals surface area contributed by atoms with E-state index in [9.17, 15) is 8.42 Å². The van der Waals surface area contributed by atoms with Crippen LogP contribution in [0, 0.1) is 0 Å². The lowest BCUT2D eigenvalue weighted by Crippen LogP contribution is -2.13. The van der Waals surface area contributed by atoms with Crippen LogP contribution in [0.3, 0.4) is 0 Å². The smallest absolute Gasteiger partial charge is 0.238 e. The molecule has 0 saturated heterocycles. The summed E-state index contributed by atoms with van der Waals surface area (Å²) < 4.78 is 27.7. The van der Waals surface area contributed by atoms with Gasteiger partial charge in [-0.3, -0.25) is 0 Å². The Morgan fingerprint density at radius 3 is 2.50 bits per heavy atom. The zero-order valence-corrected chi connectivity index (χ0v) is 10.7.